The monoisotopic (exact) mass is 432 g/mol. The Morgan fingerprint density at radius 1 is 1.29 bits per heavy atom. The van der Waals surface area contributed by atoms with Crippen LogP contribution >= 0.6 is 28.3 Å². The lowest BCUT2D eigenvalue weighted by molar-refractivity contribution is 0.571. The highest BCUT2D eigenvalue weighted by Crippen LogP contribution is 2.34. The zero-order chi connectivity index (χ0) is 16.6. The highest BCUT2D eigenvalue weighted by Gasteiger charge is 2.17. The van der Waals surface area contributed by atoms with Crippen molar-refractivity contribution in [3.63, 3.8) is 0 Å². The van der Waals surface area contributed by atoms with E-state index in [1.54, 1.807) is 18.3 Å². The fourth-order valence-electron chi connectivity index (χ4n) is 2.10. The molecule has 10 heteroatoms. The Kier molecular flexibility index (Phi) is 5.41. The minimum absolute atomic E-state index is 0. The number of sulfone groups is 1. The molecule has 0 bridgehead atoms. The van der Waals surface area contributed by atoms with Crippen LogP contribution in [0, 0.1) is 12.7 Å². The van der Waals surface area contributed by atoms with Gasteiger partial charge in [0.05, 0.1) is 10.6 Å². The summed E-state index contributed by atoms with van der Waals surface area (Å²) in [6.45, 7) is 1.81. The van der Waals surface area contributed by atoms with Gasteiger partial charge in [-0.15, -0.1) is 17.0 Å². The molecule has 6 nitrogen and oxygen atoms in total. The molecule has 0 saturated heterocycles. The van der Waals surface area contributed by atoms with Crippen LogP contribution in [0.4, 0.5) is 15.3 Å². The second kappa shape index (κ2) is 6.99. The SMILES string of the molecule is Br.Cc1nc(Nc2cc[nH]n2)sc1-c1ccc(S(C)(=O)=O)c(F)c1. The fourth-order valence-corrected chi connectivity index (χ4v) is 3.80. The molecular formula is C14H14BrFN4O2S2. The summed E-state index contributed by atoms with van der Waals surface area (Å²) in [6.07, 6.45) is 2.66. The van der Waals surface area contributed by atoms with E-state index in [4.69, 9.17) is 0 Å². The van der Waals surface area contributed by atoms with E-state index in [1.807, 2.05) is 6.92 Å². The largest absolute Gasteiger partial charge is 0.315 e. The van der Waals surface area contributed by atoms with E-state index < -0.39 is 15.7 Å². The van der Waals surface area contributed by atoms with Gasteiger partial charge in [-0.3, -0.25) is 5.10 Å². The molecule has 0 aliphatic rings. The third-order valence-corrected chi connectivity index (χ3v) is 5.38. The Balaban J connectivity index is 0.00000208. The molecule has 0 aliphatic heterocycles. The number of nitrogens with one attached hydrogen (secondary N) is 2. The van der Waals surface area contributed by atoms with Crippen molar-refractivity contribution in [2.75, 3.05) is 11.6 Å². The van der Waals surface area contributed by atoms with E-state index >= 15 is 0 Å². The summed E-state index contributed by atoms with van der Waals surface area (Å²) >= 11 is 1.34. The van der Waals surface area contributed by atoms with Gasteiger partial charge < -0.3 is 5.32 Å². The lowest BCUT2D eigenvalue weighted by atomic mass is 10.1. The van der Waals surface area contributed by atoms with Crippen LogP contribution in [-0.2, 0) is 9.84 Å². The van der Waals surface area contributed by atoms with E-state index in [0.717, 1.165) is 16.8 Å². The summed E-state index contributed by atoms with van der Waals surface area (Å²) < 4.78 is 37.0. The van der Waals surface area contributed by atoms with Gasteiger partial charge >= 0.3 is 0 Å². The second-order valence-electron chi connectivity index (χ2n) is 4.94. The highest BCUT2D eigenvalue weighted by atomic mass is 79.9. The number of rotatable bonds is 4. The molecule has 3 aromatic rings. The van der Waals surface area contributed by atoms with Gasteiger partial charge in [0.2, 0.25) is 0 Å². The van der Waals surface area contributed by atoms with Gasteiger partial charge in [0.15, 0.2) is 20.8 Å². The van der Waals surface area contributed by atoms with Crippen LogP contribution in [0.15, 0.2) is 35.4 Å². The maximum atomic E-state index is 14.1. The van der Waals surface area contributed by atoms with Crippen LogP contribution in [0.1, 0.15) is 5.69 Å². The number of nitrogens with zero attached hydrogens (tertiary/aromatic N) is 2. The number of aryl methyl sites for hydroxylation is 1. The van der Waals surface area contributed by atoms with Crippen molar-refractivity contribution in [2.45, 2.75) is 11.8 Å². The molecule has 0 unspecified atom stereocenters. The summed E-state index contributed by atoms with van der Waals surface area (Å²) in [5, 5.41) is 10.3. The first-order chi connectivity index (χ1) is 10.8. The van der Waals surface area contributed by atoms with Crippen LogP contribution in [0.25, 0.3) is 10.4 Å². The quantitative estimate of drug-likeness (QED) is 0.655. The van der Waals surface area contributed by atoms with E-state index in [1.165, 1.54) is 23.5 Å². The lowest BCUT2D eigenvalue weighted by Gasteiger charge is -2.03. The van der Waals surface area contributed by atoms with Crippen LogP contribution in [0.2, 0.25) is 0 Å². The molecule has 0 spiro atoms. The Hall–Kier alpha value is -1.78. The molecule has 0 aliphatic carbocycles. The average Bonchev–Trinajstić information content (AvgIpc) is 3.07. The third kappa shape index (κ3) is 3.82. The van der Waals surface area contributed by atoms with Gasteiger partial charge in [-0.05, 0) is 24.6 Å². The third-order valence-electron chi connectivity index (χ3n) is 3.13. The Morgan fingerprint density at radius 2 is 2.04 bits per heavy atom. The number of hydrogen-bond acceptors (Lipinski definition) is 6. The predicted octanol–water partition coefficient (Wildman–Crippen LogP) is 3.71. The Bertz CT molecular complexity index is 955. The normalized spacial score (nSPS) is 11.1. The minimum atomic E-state index is -3.58. The van der Waals surface area contributed by atoms with Crippen molar-refractivity contribution in [3.05, 3.63) is 42.0 Å². The smallest absolute Gasteiger partial charge is 0.189 e. The molecule has 1 aromatic carbocycles. The molecule has 24 heavy (non-hydrogen) atoms. The summed E-state index contributed by atoms with van der Waals surface area (Å²) in [4.78, 5) is 4.83. The molecule has 0 fully saturated rings. The second-order valence-corrected chi connectivity index (χ2v) is 7.92. The van der Waals surface area contributed by atoms with Crippen molar-refractivity contribution in [2.24, 2.45) is 0 Å². The molecular weight excluding hydrogens is 419 g/mol. The van der Waals surface area contributed by atoms with Gasteiger partial charge in [0.1, 0.15) is 10.7 Å². The van der Waals surface area contributed by atoms with Gasteiger partial charge in [-0.2, -0.15) is 5.10 Å². The highest BCUT2D eigenvalue weighted by molar-refractivity contribution is 8.93. The summed E-state index contributed by atoms with van der Waals surface area (Å²) in [5.74, 6) is -0.136. The van der Waals surface area contributed by atoms with Gasteiger partial charge in [0, 0.05) is 18.5 Å². The maximum absolute atomic E-state index is 14.1. The summed E-state index contributed by atoms with van der Waals surface area (Å²) in [7, 11) is -3.58. The Labute approximate surface area is 152 Å². The number of halogens is 2. The number of H-pyrrole nitrogens is 1. The van der Waals surface area contributed by atoms with E-state index in [0.29, 0.717) is 16.5 Å². The average molecular weight is 433 g/mol. The van der Waals surface area contributed by atoms with E-state index in [-0.39, 0.29) is 21.9 Å². The molecule has 2 heterocycles. The van der Waals surface area contributed by atoms with Crippen LogP contribution in [0.5, 0.6) is 0 Å². The molecule has 2 N–H and O–H groups in total. The molecule has 2 aromatic heterocycles. The van der Waals surface area contributed by atoms with E-state index in [9.17, 15) is 12.8 Å². The first-order valence-electron chi connectivity index (χ1n) is 6.59. The summed E-state index contributed by atoms with van der Waals surface area (Å²) in [5.41, 5.74) is 1.31. The topological polar surface area (TPSA) is 87.7 Å². The minimum Gasteiger partial charge on any atom is -0.315 e. The Morgan fingerprint density at radius 3 is 2.62 bits per heavy atom. The number of aromatic amines is 1. The standard InChI is InChI=1S/C14H13FN4O2S2.BrH/c1-8-13(22-14(17-8)18-12-5-6-16-19-12)9-3-4-11(10(15)7-9)23(2,20)21;/h3-7H,1-2H3,(H2,16,17,18,19);1H. The van der Waals surface area contributed by atoms with Crippen molar-refractivity contribution in [1.29, 1.82) is 0 Å². The lowest BCUT2D eigenvalue weighted by Crippen LogP contribution is -2.00. The van der Waals surface area contributed by atoms with E-state index in [2.05, 4.69) is 20.5 Å². The number of hydrogen-bond donors (Lipinski definition) is 2. The fraction of sp³-hybridized carbons (Fsp3) is 0.143. The number of thiazole rings is 1. The maximum Gasteiger partial charge on any atom is 0.189 e. The van der Waals surface area contributed by atoms with Crippen molar-refractivity contribution >= 4 is 49.1 Å². The molecule has 0 saturated carbocycles. The number of benzene rings is 1. The van der Waals surface area contributed by atoms with Crippen LogP contribution in [0.3, 0.4) is 0 Å². The number of anilines is 2. The van der Waals surface area contributed by atoms with Crippen LogP contribution in [-0.4, -0.2) is 29.9 Å². The molecule has 0 atom stereocenters. The van der Waals surface area contributed by atoms with Gasteiger partial charge in [-0.25, -0.2) is 17.8 Å². The zero-order valence-electron chi connectivity index (χ0n) is 12.7. The molecule has 128 valence electrons. The summed E-state index contributed by atoms with van der Waals surface area (Å²) in [6, 6.07) is 5.84. The van der Waals surface area contributed by atoms with Gasteiger partial charge in [-0.1, -0.05) is 17.4 Å². The molecule has 0 amide bonds. The molecule has 3 rings (SSSR count). The predicted molar refractivity (Wildman–Crippen MR) is 97.5 cm³/mol. The number of aromatic nitrogens is 3. The zero-order valence-corrected chi connectivity index (χ0v) is 16.0. The van der Waals surface area contributed by atoms with Crippen molar-refractivity contribution in [1.82, 2.24) is 15.2 Å². The first kappa shape index (κ1) is 18.6. The first-order valence-corrected chi connectivity index (χ1v) is 9.29. The van der Waals surface area contributed by atoms with Crippen molar-refractivity contribution in [3.8, 4) is 10.4 Å². The van der Waals surface area contributed by atoms with Gasteiger partial charge in [0.25, 0.3) is 0 Å². The van der Waals surface area contributed by atoms with Crippen molar-refractivity contribution < 1.29 is 12.8 Å². The molecule has 0 radical (unpaired) electrons. The van der Waals surface area contributed by atoms with Crippen LogP contribution < -0.4 is 5.32 Å².